The molecule has 1 aliphatic rings. The quantitative estimate of drug-likeness (QED) is 0.526. The molecule has 1 fully saturated rings. The van der Waals surface area contributed by atoms with Crippen LogP contribution in [0, 0.1) is 6.92 Å². The SMILES string of the molecule is Cc1cc(C(=O)NCC(OC(F)F)c2nc3cc(Cl)ccc3[nH]2)ccc1C(=O)N1CCCC1. The zero-order chi connectivity index (χ0) is 23.5. The lowest BCUT2D eigenvalue weighted by atomic mass is 10.0. The van der Waals surface area contributed by atoms with E-state index in [0.29, 0.717) is 32.7 Å². The fourth-order valence-corrected chi connectivity index (χ4v) is 4.07. The van der Waals surface area contributed by atoms with Crippen LogP contribution in [-0.4, -0.2) is 52.9 Å². The molecule has 174 valence electrons. The first kappa shape index (κ1) is 23.1. The van der Waals surface area contributed by atoms with Gasteiger partial charge in [-0.2, -0.15) is 8.78 Å². The standard InChI is InChI=1S/C23H23ClF2N4O3/c1-13-10-14(4-6-16(13)22(32)30-8-2-3-9-30)21(31)27-12-19(33-23(25)26)20-28-17-7-5-15(24)11-18(17)29-20/h4-7,10-11,19,23H,2-3,8-9,12H2,1H3,(H,27,31)(H,28,29). The molecule has 1 unspecified atom stereocenters. The van der Waals surface area contributed by atoms with Crippen LogP contribution in [0.2, 0.25) is 5.02 Å². The summed E-state index contributed by atoms with van der Waals surface area (Å²) in [6.07, 6.45) is 0.786. The second-order valence-electron chi connectivity index (χ2n) is 7.91. The summed E-state index contributed by atoms with van der Waals surface area (Å²) in [5.41, 5.74) is 2.65. The fourth-order valence-electron chi connectivity index (χ4n) is 3.91. The second-order valence-corrected chi connectivity index (χ2v) is 8.34. The number of halogens is 3. The average Bonchev–Trinajstić information content (AvgIpc) is 3.45. The van der Waals surface area contributed by atoms with Gasteiger partial charge in [-0.15, -0.1) is 0 Å². The van der Waals surface area contributed by atoms with Gasteiger partial charge >= 0.3 is 6.61 Å². The monoisotopic (exact) mass is 476 g/mol. The number of aromatic nitrogens is 2. The summed E-state index contributed by atoms with van der Waals surface area (Å²) in [6, 6.07) is 9.73. The molecule has 2 heterocycles. The Kier molecular flexibility index (Phi) is 6.90. The molecule has 2 amide bonds. The van der Waals surface area contributed by atoms with Gasteiger partial charge in [0.2, 0.25) is 0 Å². The summed E-state index contributed by atoms with van der Waals surface area (Å²) in [5.74, 6) is -0.372. The summed E-state index contributed by atoms with van der Waals surface area (Å²) >= 11 is 5.96. The van der Waals surface area contributed by atoms with E-state index in [0.717, 1.165) is 25.9 Å². The molecule has 4 rings (SSSR count). The molecule has 0 spiro atoms. The third-order valence-electron chi connectivity index (χ3n) is 5.60. The van der Waals surface area contributed by atoms with Gasteiger partial charge in [0, 0.05) is 29.2 Å². The predicted molar refractivity (Wildman–Crippen MR) is 120 cm³/mol. The molecular formula is C23H23ClF2N4O3. The maximum atomic E-state index is 13.0. The van der Waals surface area contributed by atoms with Crippen LogP contribution < -0.4 is 5.32 Å². The molecule has 1 atom stereocenters. The molecular weight excluding hydrogens is 454 g/mol. The van der Waals surface area contributed by atoms with E-state index in [1.165, 1.54) is 0 Å². The Balaban J connectivity index is 1.46. The highest BCUT2D eigenvalue weighted by atomic mass is 35.5. The van der Waals surface area contributed by atoms with Crippen LogP contribution in [0.4, 0.5) is 8.78 Å². The number of nitrogens with zero attached hydrogens (tertiary/aromatic N) is 2. The first-order valence-electron chi connectivity index (χ1n) is 10.6. The largest absolute Gasteiger partial charge is 0.349 e. The summed E-state index contributed by atoms with van der Waals surface area (Å²) in [7, 11) is 0. The number of alkyl halides is 2. The number of nitrogens with one attached hydrogen (secondary N) is 2. The summed E-state index contributed by atoms with van der Waals surface area (Å²) in [4.78, 5) is 34.3. The Bertz CT molecular complexity index is 1180. The summed E-state index contributed by atoms with van der Waals surface area (Å²) in [5, 5.41) is 3.07. The van der Waals surface area contributed by atoms with E-state index in [2.05, 4.69) is 20.0 Å². The molecule has 10 heteroatoms. The second kappa shape index (κ2) is 9.84. The van der Waals surface area contributed by atoms with Crippen molar-refractivity contribution in [3.05, 3.63) is 63.9 Å². The molecule has 0 bridgehead atoms. The molecule has 0 aliphatic carbocycles. The zero-order valence-corrected chi connectivity index (χ0v) is 18.7. The maximum absolute atomic E-state index is 13.0. The van der Waals surface area contributed by atoms with E-state index in [1.54, 1.807) is 48.2 Å². The van der Waals surface area contributed by atoms with Crippen molar-refractivity contribution in [2.75, 3.05) is 19.6 Å². The van der Waals surface area contributed by atoms with Crippen LogP contribution in [0.25, 0.3) is 11.0 Å². The Morgan fingerprint density at radius 1 is 1.21 bits per heavy atom. The summed E-state index contributed by atoms with van der Waals surface area (Å²) in [6.45, 7) is -0.0473. The van der Waals surface area contributed by atoms with Crippen LogP contribution >= 0.6 is 11.6 Å². The normalized spacial score (nSPS) is 14.8. The molecule has 1 aromatic heterocycles. The van der Waals surface area contributed by atoms with Gasteiger partial charge in [0.15, 0.2) is 0 Å². The van der Waals surface area contributed by atoms with E-state index in [-0.39, 0.29) is 18.3 Å². The van der Waals surface area contributed by atoms with Crippen molar-refractivity contribution in [3.63, 3.8) is 0 Å². The van der Waals surface area contributed by atoms with Crippen LogP contribution in [0.5, 0.6) is 0 Å². The van der Waals surface area contributed by atoms with Gasteiger partial charge in [0.05, 0.1) is 17.6 Å². The lowest BCUT2D eigenvalue weighted by molar-refractivity contribution is -0.165. The number of hydrogen-bond donors (Lipinski definition) is 2. The van der Waals surface area contributed by atoms with E-state index in [9.17, 15) is 18.4 Å². The van der Waals surface area contributed by atoms with Crippen LogP contribution in [0.15, 0.2) is 36.4 Å². The minimum Gasteiger partial charge on any atom is -0.349 e. The highest BCUT2D eigenvalue weighted by molar-refractivity contribution is 6.31. The maximum Gasteiger partial charge on any atom is 0.346 e. The van der Waals surface area contributed by atoms with Gasteiger partial charge in [-0.25, -0.2) is 4.98 Å². The number of H-pyrrole nitrogens is 1. The number of amides is 2. The van der Waals surface area contributed by atoms with Gasteiger partial charge in [-0.3, -0.25) is 9.59 Å². The van der Waals surface area contributed by atoms with Crippen molar-refractivity contribution in [1.82, 2.24) is 20.2 Å². The number of ether oxygens (including phenoxy) is 1. The number of aryl methyl sites for hydroxylation is 1. The van der Waals surface area contributed by atoms with Gasteiger partial charge in [0.1, 0.15) is 11.9 Å². The van der Waals surface area contributed by atoms with Gasteiger partial charge in [-0.1, -0.05) is 11.6 Å². The van der Waals surface area contributed by atoms with Crippen molar-refractivity contribution < 1.29 is 23.1 Å². The highest BCUT2D eigenvalue weighted by Crippen LogP contribution is 2.23. The van der Waals surface area contributed by atoms with Gasteiger partial charge in [-0.05, 0) is 61.7 Å². The van der Waals surface area contributed by atoms with Crippen molar-refractivity contribution in [3.8, 4) is 0 Å². The van der Waals surface area contributed by atoms with Crippen molar-refractivity contribution >= 4 is 34.4 Å². The molecule has 1 aliphatic heterocycles. The Morgan fingerprint density at radius 3 is 2.67 bits per heavy atom. The third-order valence-corrected chi connectivity index (χ3v) is 5.83. The topological polar surface area (TPSA) is 87.3 Å². The number of imidazole rings is 1. The smallest absolute Gasteiger partial charge is 0.346 e. The van der Waals surface area contributed by atoms with E-state index in [1.807, 2.05) is 0 Å². The van der Waals surface area contributed by atoms with Crippen molar-refractivity contribution in [2.45, 2.75) is 32.5 Å². The lowest BCUT2D eigenvalue weighted by Crippen LogP contribution is -2.31. The van der Waals surface area contributed by atoms with E-state index < -0.39 is 18.6 Å². The predicted octanol–water partition coefficient (Wildman–Crippen LogP) is 4.47. The van der Waals surface area contributed by atoms with Crippen LogP contribution in [0.1, 0.15) is 51.0 Å². The van der Waals surface area contributed by atoms with Crippen molar-refractivity contribution in [2.24, 2.45) is 0 Å². The molecule has 33 heavy (non-hydrogen) atoms. The molecule has 0 radical (unpaired) electrons. The first-order chi connectivity index (χ1) is 15.8. The Morgan fingerprint density at radius 2 is 1.97 bits per heavy atom. The minimum atomic E-state index is -3.05. The minimum absolute atomic E-state index is 0.0488. The van der Waals surface area contributed by atoms with Gasteiger partial charge in [0.25, 0.3) is 11.8 Å². The number of aromatic amines is 1. The van der Waals surface area contributed by atoms with Crippen LogP contribution in [-0.2, 0) is 4.74 Å². The van der Waals surface area contributed by atoms with Crippen molar-refractivity contribution in [1.29, 1.82) is 0 Å². The third kappa shape index (κ3) is 5.31. The fraction of sp³-hybridized carbons (Fsp3) is 0.348. The van der Waals surface area contributed by atoms with Gasteiger partial charge < -0.3 is 19.9 Å². The molecule has 2 N–H and O–H groups in total. The number of fused-ring (bicyclic) bond motifs is 1. The highest BCUT2D eigenvalue weighted by Gasteiger charge is 2.24. The number of rotatable bonds is 7. The molecule has 3 aromatic rings. The van der Waals surface area contributed by atoms with E-state index >= 15 is 0 Å². The number of carbonyl (C=O) groups is 2. The molecule has 0 saturated carbocycles. The first-order valence-corrected chi connectivity index (χ1v) is 11.0. The van der Waals surface area contributed by atoms with E-state index in [4.69, 9.17) is 11.6 Å². The number of benzene rings is 2. The lowest BCUT2D eigenvalue weighted by Gasteiger charge is -2.18. The Labute approximate surface area is 194 Å². The average molecular weight is 477 g/mol. The zero-order valence-electron chi connectivity index (χ0n) is 17.9. The number of carbonyl (C=O) groups excluding carboxylic acids is 2. The number of hydrogen-bond acceptors (Lipinski definition) is 4. The Hall–Kier alpha value is -3.04. The summed E-state index contributed by atoms with van der Waals surface area (Å²) < 4.78 is 30.7. The molecule has 1 saturated heterocycles. The number of likely N-dealkylation sites (tertiary alicyclic amines) is 1. The molecule has 7 nitrogen and oxygen atoms in total. The van der Waals surface area contributed by atoms with Crippen LogP contribution in [0.3, 0.4) is 0 Å². The molecule has 2 aromatic carbocycles.